The van der Waals surface area contributed by atoms with Crippen LogP contribution in [0.15, 0.2) is 24.3 Å². The lowest BCUT2D eigenvalue weighted by Gasteiger charge is -2.29. The smallest absolute Gasteiger partial charge is 0.410 e. The van der Waals surface area contributed by atoms with Gasteiger partial charge < -0.3 is 9.64 Å². The predicted octanol–water partition coefficient (Wildman–Crippen LogP) is 4.91. The average Bonchev–Trinajstić information content (AvgIpc) is 2.45. The lowest BCUT2D eigenvalue weighted by atomic mass is 9.98. The van der Waals surface area contributed by atoms with E-state index in [9.17, 15) is 4.79 Å². The maximum absolute atomic E-state index is 12.0. The van der Waals surface area contributed by atoms with Gasteiger partial charge >= 0.3 is 6.09 Å². The quantitative estimate of drug-likeness (QED) is 0.689. The monoisotopic (exact) mass is 318 g/mol. The third kappa shape index (κ3) is 4.02. The number of rotatable bonds is 1. The van der Waals surface area contributed by atoms with E-state index in [4.69, 9.17) is 22.9 Å². The Morgan fingerprint density at radius 2 is 2.14 bits per heavy atom. The summed E-state index contributed by atoms with van der Waals surface area (Å²) in [6.07, 6.45) is 2.37. The van der Waals surface area contributed by atoms with Crippen LogP contribution < -0.4 is 0 Å². The molecule has 0 fully saturated rings. The van der Waals surface area contributed by atoms with Gasteiger partial charge in [0.2, 0.25) is 0 Å². The molecule has 4 nitrogen and oxygen atoms in total. The molecule has 1 aliphatic heterocycles. The third-order valence-electron chi connectivity index (χ3n) is 3.29. The summed E-state index contributed by atoms with van der Waals surface area (Å²) >= 11 is 5.93. The molecule has 0 saturated heterocycles. The number of carbonyl (C=O) groups excluding carboxylic acids is 1. The van der Waals surface area contributed by atoms with E-state index >= 15 is 0 Å². The Hall–Kier alpha value is -1.99. The van der Waals surface area contributed by atoms with Gasteiger partial charge in [0.25, 0.3) is 0 Å². The van der Waals surface area contributed by atoms with Gasteiger partial charge in [-0.15, -0.1) is 0 Å². The molecule has 0 aliphatic carbocycles. The second-order valence-electron chi connectivity index (χ2n) is 6.18. The van der Waals surface area contributed by atoms with Crippen molar-refractivity contribution in [2.45, 2.75) is 32.8 Å². The molecule has 1 aromatic rings. The van der Waals surface area contributed by atoms with Crippen molar-refractivity contribution >= 4 is 29.0 Å². The van der Waals surface area contributed by atoms with Crippen LogP contribution >= 0.6 is 11.6 Å². The fraction of sp³-hybridized carbons (Fsp3) is 0.412. The Kier molecular flexibility index (Phi) is 4.77. The lowest BCUT2D eigenvalue weighted by molar-refractivity contribution is 0.0270. The Labute approximate surface area is 136 Å². The van der Waals surface area contributed by atoms with Crippen LogP contribution in [0.3, 0.4) is 0 Å². The van der Waals surface area contributed by atoms with Crippen LogP contribution in [0.2, 0.25) is 5.02 Å². The van der Waals surface area contributed by atoms with Crippen molar-refractivity contribution < 1.29 is 9.53 Å². The molecule has 2 rings (SSSR count). The second-order valence-corrected chi connectivity index (χ2v) is 6.62. The highest BCUT2D eigenvalue weighted by Crippen LogP contribution is 2.33. The molecule has 1 heterocycles. The summed E-state index contributed by atoms with van der Waals surface area (Å²) in [6, 6.07) is 5.32. The summed E-state index contributed by atoms with van der Waals surface area (Å²) in [4.78, 5) is 17.2. The SMILES string of the molecule is [C-]#[N+]c1cc(Cl)ccc1C1=CCN(C(=O)OC(C)(C)C)CC1. The van der Waals surface area contributed by atoms with Crippen LogP contribution in [-0.4, -0.2) is 29.7 Å². The molecule has 22 heavy (non-hydrogen) atoms. The zero-order chi connectivity index (χ0) is 16.3. The molecule has 0 aromatic heterocycles. The zero-order valence-corrected chi connectivity index (χ0v) is 13.8. The van der Waals surface area contributed by atoms with Crippen LogP contribution in [0.1, 0.15) is 32.8 Å². The minimum Gasteiger partial charge on any atom is -0.444 e. The van der Waals surface area contributed by atoms with Gasteiger partial charge in [-0.3, -0.25) is 0 Å². The number of amides is 1. The molecule has 0 bridgehead atoms. The molecule has 1 aromatic carbocycles. The van der Waals surface area contributed by atoms with Gasteiger partial charge in [-0.25, -0.2) is 9.64 Å². The van der Waals surface area contributed by atoms with Crippen LogP contribution in [0.4, 0.5) is 10.5 Å². The van der Waals surface area contributed by atoms with Crippen molar-refractivity contribution in [1.29, 1.82) is 0 Å². The lowest BCUT2D eigenvalue weighted by Crippen LogP contribution is -2.39. The van der Waals surface area contributed by atoms with Crippen molar-refractivity contribution in [2.75, 3.05) is 13.1 Å². The first kappa shape index (κ1) is 16.4. The molecule has 5 heteroatoms. The number of ether oxygens (including phenoxy) is 1. The highest BCUT2D eigenvalue weighted by molar-refractivity contribution is 6.31. The number of nitrogens with zero attached hydrogens (tertiary/aromatic N) is 2. The fourth-order valence-electron chi connectivity index (χ4n) is 2.27. The molecule has 0 spiro atoms. The summed E-state index contributed by atoms with van der Waals surface area (Å²) in [5.41, 5.74) is 2.02. The van der Waals surface area contributed by atoms with Gasteiger partial charge in [-0.1, -0.05) is 29.3 Å². The van der Waals surface area contributed by atoms with Crippen LogP contribution in [0.5, 0.6) is 0 Å². The molecule has 0 atom stereocenters. The highest BCUT2D eigenvalue weighted by atomic mass is 35.5. The first-order valence-corrected chi connectivity index (χ1v) is 7.52. The number of carbonyl (C=O) groups is 1. The van der Waals surface area contributed by atoms with Gasteiger partial charge in [-0.05, 0) is 44.9 Å². The van der Waals surface area contributed by atoms with Gasteiger partial charge in [-0.2, -0.15) is 0 Å². The van der Waals surface area contributed by atoms with E-state index in [1.807, 2.05) is 32.9 Å². The number of hydrogen-bond donors (Lipinski definition) is 0. The van der Waals surface area contributed by atoms with Crippen molar-refractivity contribution in [3.05, 3.63) is 46.3 Å². The van der Waals surface area contributed by atoms with Gasteiger partial charge in [0.15, 0.2) is 5.69 Å². The fourth-order valence-corrected chi connectivity index (χ4v) is 2.44. The summed E-state index contributed by atoms with van der Waals surface area (Å²) < 4.78 is 5.37. The normalized spacial score (nSPS) is 15.0. The molecular weight excluding hydrogens is 300 g/mol. The van der Waals surface area contributed by atoms with Crippen molar-refractivity contribution in [2.24, 2.45) is 0 Å². The average molecular weight is 319 g/mol. The molecule has 0 N–H and O–H groups in total. The summed E-state index contributed by atoms with van der Waals surface area (Å²) in [6.45, 7) is 13.9. The summed E-state index contributed by atoms with van der Waals surface area (Å²) in [5, 5.41) is 0.557. The maximum Gasteiger partial charge on any atom is 0.410 e. The Balaban J connectivity index is 2.13. The van der Waals surface area contributed by atoms with Crippen LogP contribution in [-0.2, 0) is 4.74 Å². The van der Waals surface area contributed by atoms with Crippen molar-refractivity contribution in [3.8, 4) is 0 Å². The first-order chi connectivity index (χ1) is 10.3. The standard InChI is InChI=1S/C17H19ClN2O2/c1-17(2,3)22-16(21)20-9-7-12(8-10-20)14-6-5-13(18)11-15(14)19-4/h5-7,11H,8-10H2,1-3H3. The summed E-state index contributed by atoms with van der Waals surface area (Å²) in [7, 11) is 0. The van der Waals surface area contributed by atoms with Crippen LogP contribution in [0, 0.1) is 6.57 Å². The Morgan fingerprint density at radius 3 is 2.68 bits per heavy atom. The minimum absolute atomic E-state index is 0.302. The molecule has 0 saturated carbocycles. The highest BCUT2D eigenvalue weighted by Gasteiger charge is 2.24. The topological polar surface area (TPSA) is 33.9 Å². The molecule has 0 radical (unpaired) electrons. The predicted molar refractivity (Wildman–Crippen MR) is 88.1 cm³/mol. The molecule has 1 aliphatic rings. The molecular formula is C17H19ClN2O2. The number of hydrogen-bond acceptors (Lipinski definition) is 2. The maximum atomic E-state index is 12.0. The summed E-state index contributed by atoms with van der Waals surface area (Å²) in [5.74, 6) is 0. The second kappa shape index (κ2) is 6.41. The van der Waals surface area contributed by atoms with E-state index in [0.717, 1.165) is 11.1 Å². The minimum atomic E-state index is -0.492. The van der Waals surface area contributed by atoms with Crippen molar-refractivity contribution in [1.82, 2.24) is 4.90 Å². The Bertz CT molecular complexity index is 654. The zero-order valence-electron chi connectivity index (χ0n) is 13.0. The molecule has 116 valence electrons. The van der Waals surface area contributed by atoms with E-state index < -0.39 is 5.60 Å². The first-order valence-electron chi connectivity index (χ1n) is 7.14. The van der Waals surface area contributed by atoms with E-state index in [2.05, 4.69) is 4.85 Å². The molecule has 0 unspecified atom stereocenters. The van der Waals surface area contributed by atoms with Crippen molar-refractivity contribution in [3.63, 3.8) is 0 Å². The van der Waals surface area contributed by atoms with E-state index in [0.29, 0.717) is 30.2 Å². The Morgan fingerprint density at radius 1 is 1.41 bits per heavy atom. The number of benzene rings is 1. The van der Waals surface area contributed by atoms with Gasteiger partial charge in [0.05, 0.1) is 6.57 Å². The largest absolute Gasteiger partial charge is 0.444 e. The molecule has 1 amide bonds. The van der Waals surface area contributed by atoms with E-state index in [1.54, 1.807) is 17.0 Å². The van der Waals surface area contributed by atoms with E-state index in [-0.39, 0.29) is 6.09 Å². The van der Waals surface area contributed by atoms with Crippen LogP contribution in [0.25, 0.3) is 10.4 Å². The third-order valence-corrected chi connectivity index (χ3v) is 3.52. The number of halogens is 1. The van der Waals surface area contributed by atoms with E-state index in [1.165, 1.54) is 0 Å². The van der Waals surface area contributed by atoms with Gasteiger partial charge in [0, 0.05) is 18.1 Å². The van der Waals surface area contributed by atoms with Gasteiger partial charge in [0.1, 0.15) is 5.60 Å².